The highest BCUT2D eigenvalue weighted by Crippen LogP contribution is 2.34. The van der Waals surface area contributed by atoms with E-state index in [0.29, 0.717) is 18.2 Å². The van der Waals surface area contributed by atoms with E-state index in [0.717, 1.165) is 39.9 Å². The third kappa shape index (κ3) is 3.99. The van der Waals surface area contributed by atoms with Gasteiger partial charge in [-0.25, -0.2) is 0 Å². The minimum absolute atomic E-state index is 0.0737. The van der Waals surface area contributed by atoms with Crippen molar-refractivity contribution in [2.45, 2.75) is 41.0 Å². The van der Waals surface area contributed by atoms with E-state index in [1.54, 1.807) is 13.2 Å². The summed E-state index contributed by atoms with van der Waals surface area (Å²) in [6, 6.07) is 3.92. The van der Waals surface area contributed by atoms with Crippen LogP contribution in [0.3, 0.4) is 0 Å². The van der Waals surface area contributed by atoms with E-state index in [9.17, 15) is 4.79 Å². The number of rotatable bonds is 6. The summed E-state index contributed by atoms with van der Waals surface area (Å²) in [7, 11) is 1.63. The van der Waals surface area contributed by atoms with E-state index in [1.165, 1.54) is 0 Å². The van der Waals surface area contributed by atoms with Gasteiger partial charge in [0.25, 0.3) is 0 Å². The van der Waals surface area contributed by atoms with Crippen LogP contribution in [-0.4, -0.2) is 19.6 Å². The number of fused-ring (bicyclic) bond motifs is 1. The Kier molecular flexibility index (Phi) is 5.71. The van der Waals surface area contributed by atoms with Crippen LogP contribution in [0.4, 0.5) is 0 Å². The molecule has 4 heteroatoms. The fourth-order valence-corrected chi connectivity index (χ4v) is 2.66. The average molecular weight is 329 g/mol. The lowest BCUT2D eigenvalue weighted by Crippen LogP contribution is -2.23. The van der Waals surface area contributed by atoms with Gasteiger partial charge in [-0.15, -0.1) is 0 Å². The molecule has 1 N–H and O–H groups in total. The molecule has 0 aliphatic rings. The van der Waals surface area contributed by atoms with Gasteiger partial charge in [-0.2, -0.15) is 0 Å². The lowest BCUT2D eigenvalue weighted by atomic mass is 10.0. The number of nitrogens with one attached hydrogen (secondary N) is 1. The van der Waals surface area contributed by atoms with Crippen LogP contribution in [0.25, 0.3) is 16.5 Å². The minimum Gasteiger partial charge on any atom is -0.496 e. The lowest BCUT2D eigenvalue weighted by molar-refractivity contribution is -0.116. The molecule has 0 radical (unpaired) electrons. The molecule has 0 aliphatic heterocycles. The molecule has 4 nitrogen and oxygen atoms in total. The van der Waals surface area contributed by atoms with Gasteiger partial charge in [-0.3, -0.25) is 4.79 Å². The van der Waals surface area contributed by atoms with Crippen LogP contribution in [0.5, 0.6) is 5.75 Å². The molecule has 2 aromatic rings. The van der Waals surface area contributed by atoms with Gasteiger partial charge >= 0.3 is 0 Å². The van der Waals surface area contributed by atoms with Crippen molar-refractivity contribution in [2.75, 3.05) is 13.7 Å². The molecule has 0 saturated heterocycles. The van der Waals surface area contributed by atoms with Gasteiger partial charge in [0.1, 0.15) is 17.1 Å². The molecule has 2 rings (SSSR count). The molecule has 1 aromatic carbocycles. The second-order valence-corrected chi connectivity index (χ2v) is 6.63. The number of benzene rings is 1. The molecule has 0 saturated carbocycles. The Bertz CT molecular complexity index is 769. The first-order valence-electron chi connectivity index (χ1n) is 8.37. The van der Waals surface area contributed by atoms with Crippen molar-refractivity contribution in [1.29, 1.82) is 0 Å². The Balaban J connectivity index is 2.30. The van der Waals surface area contributed by atoms with E-state index in [-0.39, 0.29) is 5.91 Å². The molecule has 1 heterocycles. The highest BCUT2D eigenvalue weighted by atomic mass is 16.5. The molecule has 24 heavy (non-hydrogen) atoms. The highest BCUT2D eigenvalue weighted by Gasteiger charge is 2.14. The van der Waals surface area contributed by atoms with Crippen molar-refractivity contribution in [3.63, 3.8) is 0 Å². The van der Waals surface area contributed by atoms with Crippen molar-refractivity contribution in [2.24, 2.45) is 5.92 Å². The van der Waals surface area contributed by atoms with Gasteiger partial charge in [-0.05, 0) is 50.3 Å². The number of allylic oxidation sites excluding steroid dienone is 1. The van der Waals surface area contributed by atoms with Gasteiger partial charge in [0.05, 0.1) is 7.11 Å². The predicted octanol–water partition coefficient (Wildman–Crippen LogP) is 4.62. The van der Waals surface area contributed by atoms with Crippen molar-refractivity contribution < 1.29 is 13.9 Å². The summed E-state index contributed by atoms with van der Waals surface area (Å²) in [5.74, 6) is 2.11. The zero-order valence-electron chi connectivity index (χ0n) is 15.4. The van der Waals surface area contributed by atoms with Crippen molar-refractivity contribution in [3.8, 4) is 5.75 Å². The van der Waals surface area contributed by atoms with Gasteiger partial charge in [0.2, 0.25) is 5.91 Å². The Morgan fingerprint density at radius 3 is 2.67 bits per heavy atom. The van der Waals surface area contributed by atoms with Gasteiger partial charge in [0, 0.05) is 29.6 Å². The van der Waals surface area contributed by atoms with E-state index >= 15 is 0 Å². The Hall–Kier alpha value is -2.23. The third-order valence-electron chi connectivity index (χ3n) is 4.29. The molecule has 0 atom stereocenters. The normalized spacial score (nSPS) is 12.0. The molecule has 0 spiro atoms. The van der Waals surface area contributed by atoms with Crippen molar-refractivity contribution in [3.05, 3.63) is 35.1 Å². The smallest absolute Gasteiger partial charge is 0.244 e. The number of hydrogen-bond acceptors (Lipinski definition) is 3. The van der Waals surface area contributed by atoms with E-state index in [2.05, 4.69) is 19.2 Å². The fourth-order valence-electron chi connectivity index (χ4n) is 2.66. The summed E-state index contributed by atoms with van der Waals surface area (Å²) < 4.78 is 11.2. The first-order chi connectivity index (χ1) is 11.3. The summed E-state index contributed by atoms with van der Waals surface area (Å²) in [5, 5.41) is 3.98. The standard InChI is InChI=1S/C20H27NO3/c1-12(2)7-8-21-20(22)9-13(3)16-10-17-14(4)15(5)24-19(17)11-18(16)23-6/h9-12H,7-8H2,1-6H3,(H,21,22)/b13-9+. The van der Waals surface area contributed by atoms with Gasteiger partial charge in [-0.1, -0.05) is 13.8 Å². The number of ether oxygens (including phenoxy) is 1. The molecule has 1 aromatic heterocycles. The number of carbonyl (C=O) groups excluding carboxylic acids is 1. The number of methoxy groups -OCH3 is 1. The zero-order chi connectivity index (χ0) is 17.9. The van der Waals surface area contributed by atoms with E-state index in [4.69, 9.17) is 9.15 Å². The maximum absolute atomic E-state index is 12.1. The zero-order valence-corrected chi connectivity index (χ0v) is 15.4. The molecule has 0 unspecified atom stereocenters. The highest BCUT2D eigenvalue weighted by molar-refractivity contribution is 5.97. The van der Waals surface area contributed by atoms with Gasteiger partial charge in [0.15, 0.2) is 0 Å². The summed E-state index contributed by atoms with van der Waals surface area (Å²) in [5.41, 5.74) is 3.70. The molecule has 0 fully saturated rings. The first kappa shape index (κ1) is 18.1. The van der Waals surface area contributed by atoms with Crippen LogP contribution < -0.4 is 10.1 Å². The van der Waals surface area contributed by atoms with Crippen LogP contribution in [-0.2, 0) is 4.79 Å². The number of furan rings is 1. The van der Waals surface area contributed by atoms with Crippen LogP contribution in [0.15, 0.2) is 22.6 Å². The molecular weight excluding hydrogens is 302 g/mol. The van der Waals surface area contributed by atoms with Crippen LogP contribution in [0.2, 0.25) is 0 Å². The molecule has 1 amide bonds. The maximum atomic E-state index is 12.1. The quantitative estimate of drug-likeness (QED) is 0.787. The monoisotopic (exact) mass is 329 g/mol. The Labute approximate surface area is 143 Å². The maximum Gasteiger partial charge on any atom is 0.244 e. The first-order valence-corrected chi connectivity index (χ1v) is 8.37. The van der Waals surface area contributed by atoms with Gasteiger partial charge < -0.3 is 14.5 Å². The summed E-state index contributed by atoms with van der Waals surface area (Å²) in [4.78, 5) is 12.1. The molecule has 0 bridgehead atoms. The minimum atomic E-state index is -0.0737. The van der Waals surface area contributed by atoms with E-state index < -0.39 is 0 Å². The van der Waals surface area contributed by atoms with Crippen LogP contribution >= 0.6 is 0 Å². The summed E-state index contributed by atoms with van der Waals surface area (Å²) in [6.45, 7) is 10.9. The second kappa shape index (κ2) is 7.56. The number of hydrogen-bond donors (Lipinski definition) is 1. The van der Waals surface area contributed by atoms with Crippen molar-refractivity contribution in [1.82, 2.24) is 5.32 Å². The second-order valence-electron chi connectivity index (χ2n) is 6.63. The summed E-state index contributed by atoms with van der Waals surface area (Å²) in [6.07, 6.45) is 2.60. The van der Waals surface area contributed by atoms with Crippen LogP contribution in [0, 0.1) is 19.8 Å². The van der Waals surface area contributed by atoms with Crippen LogP contribution in [0.1, 0.15) is 44.1 Å². The Morgan fingerprint density at radius 1 is 1.33 bits per heavy atom. The molecule has 0 aliphatic carbocycles. The molecule has 130 valence electrons. The van der Waals surface area contributed by atoms with Crippen molar-refractivity contribution >= 4 is 22.4 Å². The number of carbonyl (C=O) groups is 1. The average Bonchev–Trinajstić information content (AvgIpc) is 2.79. The molecular formula is C20H27NO3. The predicted molar refractivity (Wildman–Crippen MR) is 98.4 cm³/mol. The van der Waals surface area contributed by atoms with E-state index in [1.807, 2.05) is 32.9 Å². The topological polar surface area (TPSA) is 51.5 Å². The third-order valence-corrected chi connectivity index (χ3v) is 4.29. The Morgan fingerprint density at radius 2 is 2.04 bits per heavy atom. The largest absolute Gasteiger partial charge is 0.496 e. The fraction of sp³-hybridized carbons (Fsp3) is 0.450. The number of aryl methyl sites for hydroxylation is 2. The number of amides is 1. The summed E-state index contributed by atoms with van der Waals surface area (Å²) >= 11 is 0. The lowest BCUT2D eigenvalue weighted by Gasteiger charge is -2.10. The SMILES string of the molecule is COc1cc2oc(C)c(C)c2cc1/C(C)=C/C(=O)NCCC(C)C.